The molecule has 1 unspecified atom stereocenters. The van der Waals surface area contributed by atoms with E-state index in [9.17, 15) is 21.2 Å². The highest BCUT2D eigenvalue weighted by atomic mass is 32.2. The molecule has 1 saturated heterocycles. The largest absolute Gasteiger partial charge is 0.282 e. The van der Waals surface area contributed by atoms with Gasteiger partial charge in [-0.3, -0.25) is 4.72 Å². The molecule has 1 aliphatic heterocycles. The third-order valence-corrected chi connectivity index (χ3v) is 6.40. The summed E-state index contributed by atoms with van der Waals surface area (Å²) in [5.74, 6) is -1.22. The Morgan fingerprint density at radius 3 is 2.61 bits per heavy atom. The maximum absolute atomic E-state index is 12.6. The van der Waals surface area contributed by atoms with Crippen LogP contribution in [-0.4, -0.2) is 38.6 Å². The predicted octanol–water partition coefficient (Wildman–Crippen LogP) is 0.149. The second kappa shape index (κ2) is 4.47. The zero-order valence-electron chi connectivity index (χ0n) is 9.21. The topological polar surface area (TPSA) is 93.2 Å². The summed E-state index contributed by atoms with van der Waals surface area (Å²) >= 11 is 0. The van der Waals surface area contributed by atoms with Crippen molar-refractivity contribution in [1.29, 1.82) is 0 Å². The number of anilines is 1. The van der Waals surface area contributed by atoms with Crippen molar-refractivity contribution in [2.24, 2.45) is 0 Å². The lowest BCUT2D eigenvalue weighted by Crippen LogP contribution is -2.28. The molecule has 0 aliphatic carbocycles. The number of halogens is 1. The monoisotopic (exact) mass is 294 g/mol. The Morgan fingerprint density at radius 1 is 1.39 bits per heavy atom. The number of nitrogens with zero attached hydrogens (tertiary/aromatic N) is 1. The van der Waals surface area contributed by atoms with Crippen molar-refractivity contribution in [3.63, 3.8) is 0 Å². The first-order chi connectivity index (χ1) is 8.28. The molecular weight excluding hydrogens is 283 g/mol. The standard InChI is InChI=1S/C9H11FN2O4S2/c10-9-2-1-7(5-11-9)12-18(15,16)8-3-4-17(13,14)6-8/h1-2,5,8,12H,3-4,6H2. The molecule has 1 aromatic heterocycles. The first-order valence-corrected chi connectivity index (χ1v) is 8.49. The van der Waals surface area contributed by atoms with Crippen molar-refractivity contribution in [3.05, 3.63) is 24.3 Å². The molecule has 0 bridgehead atoms. The van der Waals surface area contributed by atoms with Crippen molar-refractivity contribution in [2.75, 3.05) is 16.2 Å². The van der Waals surface area contributed by atoms with E-state index in [0.29, 0.717) is 0 Å². The minimum atomic E-state index is -3.79. The van der Waals surface area contributed by atoms with Crippen LogP contribution in [0.15, 0.2) is 18.3 Å². The van der Waals surface area contributed by atoms with Crippen molar-refractivity contribution in [3.8, 4) is 0 Å². The molecule has 0 aromatic carbocycles. The van der Waals surface area contributed by atoms with Gasteiger partial charge in [0.1, 0.15) is 0 Å². The van der Waals surface area contributed by atoms with Gasteiger partial charge in [-0.15, -0.1) is 0 Å². The number of sulfonamides is 1. The molecule has 18 heavy (non-hydrogen) atoms. The Kier molecular flexibility index (Phi) is 3.28. The van der Waals surface area contributed by atoms with Gasteiger partial charge in [-0.1, -0.05) is 0 Å². The Bertz CT molecular complexity index is 640. The number of nitrogens with one attached hydrogen (secondary N) is 1. The van der Waals surface area contributed by atoms with Gasteiger partial charge in [0.2, 0.25) is 16.0 Å². The fourth-order valence-corrected chi connectivity index (χ4v) is 5.76. The van der Waals surface area contributed by atoms with E-state index in [1.165, 1.54) is 6.07 Å². The first-order valence-electron chi connectivity index (χ1n) is 5.12. The summed E-state index contributed by atoms with van der Waals surface area (Å²) in [7, 11) is -7.06. The van der Waals surface area contributed by atoms with Gasteiger partial charge in [0.25, 0.3) is 0 Å². The molecule has 0 saturated carbocycles. The van der Waals surface area contributed by atoms with Crippen molar-refractivity contribution < 1.29 is 21.2 Å². The van der Waals surface area contributed by atoms with Gasteiger partial charge in [-0.2, -0.15) is 4.39 Å². The summed E-state index contributed by atoms with van der Waals surface area (Å²) in [5, 5.41) is -0.965. The first kappa shape index (κ1) is 13.2. The lowest BCUT2D eigenvalue weighted by molar-refractivity contribution is 0.582. The van der Waals surface area contributed by atoms with Crippen molar-refractivity contribution >= 4 is 25.5 Å². The smallest absolute Gasteiger partial charge is 0.236 e. The third kappa shape index (κ3) is 2.96. The molecule has 1 fully saturated rings. The molecule has 1 aliphatic rings. The Labute approximate surface area is 104 Å². The third-order valence-electron chi connectivity index (χ3n) is 2.62. The zero-order chi connectivity index (χ0) is 13.4. The van der Waals surface area contributed by atoms with Crippen LogP contribution in [0.5, 0.6) is 0 Å². The SMILES string of the molecule is O=S1(=O)CCC(S(=O)(=O)Nc2ccc(F)nc2)C1. The van der Waals surface area contributed by atoms with E-state index in [4.69, 9.17) is 0 Å². The minimum Gasteiger partial charge on any atom is -0.282 e. The van der Waals surface area contributed by atoms with Crippen LogP contribution in [0.25, 0.3) is 0 Å². The molecule has 0 radical (unpaired) electrons. The van der Waals surface area contributed by atoms with Gasteiger partial charge in [0, 0.05) is 0 Å². The summed E-state index contributed by atoms with van der Waals surface area (Å²) in [6, 6.07) is 2.24. The molecule has 0 spiro atoms. The highest BCUT2D eigenvalue weighted by Crippen LogP contribution is 2.21. The number of hydrogen-bond donors (Lipinski definition) is 1. The molecule has 2 heterocycles. The number of aromatic nitrogens is 1. The molecule has 9 heteroatoms. The van der Waals surface area contributed by atoms with Gasteiger partial charge in [-0.05, 0) is 18.6 Å². The molecule has 1 aromatic rings. The quantitative estimate of drug-likeness (QED) is 0.801. The second-order valence-corrected chi connectivity index (χ2v) is 8.23. The van der Waals surface area contributed by atoms with Crippen LogP contribution >= 0.6 is 0 Å². The van der Waals surface area contributed by atoms with Crippen LogP contribution in [0.2, 0.25) is 0 Å². The highest BCUT2D eigenvalue weighted by molar-refractivity contribution is 7.97. The summed E-state index contributed by atoms with van der Waals surface area (Å²) in [6.45, 7) is 0. The summed E-state index contributed by atoms with van der Waals surface area (Å²) in [5.41, 5.74) is 0.112. The Morgan fingerprint density at radius 2 is 2.11 bits per heavy atom. The Hall–Kier alpha value is -1.22. The number of sulfone groups is 1. The molecule has 0 amide bonds. The van der Waals surface area contributed by atoms with Crippen LogP contribution in [0.4, 0.5) is 10.1 Å². The molecule has 100 valence electrons. The van der Waals surface area contributed by atoms with Crippen LogP contribution in [0.1, 0.15) is 6.42 Å². The van der Waals surface area contributed by atoms with Gasteiger partial charge in [0.15, 0.2) is 9.84 Å². The molecular formula is C9H11FN2O4S2. The average molecular weight is 294 g/mol. The summed E-state index contributed by atoms with van der Waals surface area (Å²) < 4.78 is 61.0. The van der Waals surface area contributed by atoms with E-state index in [1.54, 1.807) is 0 Å². The van der Waals surface area contributed by atoms with E-state index in [-0.39, 0.29) is 23.6 Å². The fraction of sp³-hybridized carbons (Fsp3) is 0.444. The summed E-state index contributed by atoms with van der Waals surface area (Å²) in [4.78, 5) is 3.31. The maximum atomic E-state index is 12.6. The van der Waals surface area contributed by atoms with Crippen molar-refractivity contribution in [2.45, 2.75) is 11.7 Å². The summed E-state index contributed by atoms with van der Waals surface area (Å²) in [6.07, 6.45) is 1.11. The van der Waals surface area contributed by atoms with Crippen LogP contribution < -0.4 is 4.72 Å². The zero-order valence-corrected chi connectivity index (χ0v) is 10.8. The normalized spacial score (nSPS) is 22.8. The molecule has 6 nitrogen and oxygen atoms in total. The molecule has 2 rings (SSSR count). The van der Waals surface area contributed by atoms with Gasteiger partial charge in [-0.25, -0.2) is 21.8 Å². The fourth-order valence-electron chi connectivity index (χ4n) is 1.69. The Balaban J connectivity index is 2.15. The number of rotatable bonds is 3. The van der Waals surface area contributed by atoms with Crippen LogP contribution in [0.3, 0.4) is 0 Å². The number of hydrogen-bond acceptors (Lipinski definition) is 5. The van der Waals surface area contributed by atoms with E-state index in [1.807, 2.05) is 0 Å². The molecule has 1 atom stereocenters. The van der Waals surface area contributed by atoms with Crippen LogP contribution in [-0.2, 0) is 19.9 Å². The van der Waals surface area contributed by atoms with Gasteiger partial charge >= 0.3 is 0 Å². The van der Waals surface area contributed by atoms with E-state index < -0.39 is 31.1 Å². The van der Waals surface area contributed by atoms with Gasteiger partial charge in [0.05, 0.1) is 28.6 Å². The lowest BCUT2D eigenvalue weighted by atomic mass is 10.4. The van der Waals surface area contributed by atoms with E-state index in [2.05, 4.69) is 9.71 Å². The van der Waals surface area contributed by atoms with Crippen LogP contribution in [0, 0.1) is 5.95 Å². The predicted molar refractivity (Wildman–Crippen MR) is 63.8 cm³/mol. The average Bonchev–Trinajstić information content (AvgIpc) is 2.63. The van der Waals surface area contributed by atoms with E-state index >= 15 is 0 Å². The molecule has 1 N–H and O–H groups in total. The van der Waals surface area contributed by atoms with Gasteiger partial charge < -0.3 is 0 Å². The van der Waals surface area contributed by atoms with Crippen molar-refractivity contribution in [1.82, 2.24) is 4.98 Å². The van der Waals surface area contributed by atoms with E-state index in [0.717, 1.165) is 12.3 Å². The lowest BCUT2D eigenvalue weighted by Gasteiger charge is -2.11. The highest BCUT2D eigenvalue weighted by Gasteiger charge is 2.37. The maximum Gasteiger partial charge on any atom is 0.236 e. The number of pyridine rings is 1. The second-order valence-electron chi connectivity index (χ2n) is 4.04. The minimum absolute atomic E-state index is 0.0757.